The van der Waals surface area contributed by atoms with Crippen LogP contribution < -0.4 is 5.43 Å². The van der Waals surface area contributed by atoms with E-state index in [1.165, 1.54) is 11.8 Å². The average Bonchev–Trinajstić information content (AvgIpc) is 3.01. The molecule has 0 atom stereocenters. The van der Waals surface area contributed by atoms with E-state index in [0.29, 0.717) is 15.8 Å². The Kier molecular flexibility index (Phi) is 5.96. The Balaban J connectivity index is 1.58. The van der Waals surface area contributed by atoms with Gasteiger partial charge in [-0.1, -0.05) is 53.2 Å². The number of hydrogen-bond donors (Lipinski definition) is 1. The quantitative estimate of drug-likeness (QED) is 0.356. The molecule has 3 rings (SSSR count). The van der Waals surface area contributed by atoms with Crippen LogP contribution in [0.1, 0.15) is 12.5 Å². The minimum atomic E-state index is -0.200. The molecule has 0 aliphatic heterocycles. The zero-order valence-corrected chi connectivity index (χ0v) is 16.3. The van der Waals surface area contributed by atoms with E-state index in [2.05, 4.69) is 15.5 Å². The minimum Gasteiger partial charge on any atom is -0.272 e. The maximum atomic E-state index is 12.0. The highest BCUT2D eigenvalue weighted by Crippen LogP contribution is 2.29. The molecule has 4 nitrogen and oxygen atoms in total. The lowest BCUT2D eigenvalue weighted by Gasteiger charge is -2.05. The first kappa shape index (κ1) is 18.2. The first-order valence-corrected chi connectivity index (χ1v) is 9.85. The van der Waals surface area contributed by atoms with Crippen molar-refractivity contribution in [1.29, 1.82) is 0 Å². The van der Waals surface area contributed by atoms with Gasteiger partial charge in [-0.2, -0.15) is 5.10 Å². The summed E-state index contributed by atoms with van der Waals surface area (Å²) in [6, 6.07) is 13.0. The highest BCUT2D eigenvalue weighted by atomic mass is 35.5. The Bertz CT molecular complexity index is 923. The molecular weight excluding hydrogens is 397 g/mol. The van der Waals surface area contributed by atoms with Crippen LogP contribution in [0, 0.1) is 0 Å². The summed E-state index contributed by atoms with van der Waals surface area (Å²) in [5.41, 5.74) is 4.82. The number of para-hydroxylation sites is 1. The summed E-state index contributed by atoms with van der Waals surface area (Å²) in [4.78, 5) is 16.5. The lowest BCUT2D eigenvalue weighted by Crippen LogP contribution is -2.21. The molecule has 0 aliphatic carbocycles. The van der Waals surface area contributed by atoms with E-state index in [4.69, 9.17) is 23.2 Å². The van der Waals surface area contributed by atoms with Crippen molar-refractivity contribution in [2.45, 2.75) is 11.3 Å². The molecule has 0 unspecified atom stereocenters. The predicted octanol–water partition coefficient (Wildman–Crippen LogP) is 5.24. The Labute approximate surface area is 163 Å². The van der Waals surface area contributed by atoms with Gasteiger partial charge in [0.25, 0.3) is 5.91 Å². The summed E-state index contributed by atoms with van der Waals surface area (Å²) >= 11 is 15.0. The normalized spacial score (nSPS) is 11.7. The van der Waals surface area contributed by atoms with Gasteiger partial charge in [0.1, 0.15) is 0 Å². The van der Waals surface area contributed by atoms with Crippen LogP contribution in [0.5, 0.6) is 0 Å². The van der Waals surface area contributed by atoms with E-state index in [1.54, 1.807) is 36.5 Å². The van der Waals surface area contributed by atoms with Crippen molar-refractivity contribution in [2.24, 2.45) is 5.10 Å². The first-order chi connectivity index (χ1) is 12.0. The smallest absolute Gasteiger partial charge is 0.250 e. The summed E-state index contributed by atoms with van der Waals surface area (Å²) in [5, 5.41) is 5.15. The zero-order chi connectivity index (χ0) is 17.8. The van der Waals surface area contributed by atoms with Crippen LogP contribution in [0.2, 0.25) is 10.0 Å². The van der Waals surface area contributed by atoms with Gasteiger partial charge in [-0.3, -0.25) is 4.79 Å². The molecule has 1 heterocycles. The molecule has 2 aromatic carbocycles. The Morgan fingerprint density at radius 2 is 2.08 bits per heavy atom. The summed E-state index contributed by atoms with van der Waals surface area (Å²) < 4.78 is 1.97. The molecule has 25 heavy (non-hydrogen) atoms. The molecule has 0 saturated heterocycles. The molecule has 8 heteroatoms. The molecule has 128 valence electrons. The van der Waals surface area contributed by atoms with E-state index >= 15 is 0 Å². The van der Waals surface area contributed by atoms with Crippen molar-refractivity contribution in [3.8, 4) is 0 Å². The highest BCUT2D eigenvalue weighted by molar-refractivity contribution is 8.01. The second kappa shape index (κ2) is 8.19. The van der Waals surface area contributed by atoms with E-state index in [1.807, 2.05) is 24.3 Å². The number of halogens is 2. The third-order valence-electron chi connectivity index (χ3n) is 3.27. The van der Waals surface area contributed by atoms with E-state index < -0.39 is 0 Å². The van der Waals surface area contributed by atoms with Crippen molar-refractivity contribution >= 4 is 68.1 Å². The van der Waals surface area contributed by atoms with E-state index in [9.17, 15) is 4.79 Å². The van der Waals surface area contributed by atoms with Crippen LogP contribution in [0.4, 0.5) is 0 Å². The number of aromatic nitrogens is 1. The van der Waals surface area contributed by atoms with Gasteiger partial charge in [-0.25, -0.2) is 10.4 Å². The number of nitrogens with zero attached hydrogens (tertiary/aromatic N) is 2. The summed E-state index contributed by atoms with van der Waals surface area (Å²) in [6.07, 6.45) is 0. The number of fused-ring (bicyclic) bond motifs is 1. The third kappa shape index (κ3) is 4.73. The fourth-order valence-corrected chi connectivity index (χ4v) is 4.47. The minimum absolute atomic E-state index is 0.200. The van der Waals surface area contributed by atoms with Crippen LogP contribution in [-0.2, 0) is 4.79 Å². The molecule has 0 radical (unpaired) electrons. The number of amides is 1. The predicted molar refractivity (Wildman–Crippen MR) is 107 cm³/mol. The lowest BCUT2D eigenvalue weighted by atomic mass is 10.1. The second-order valence-corrected chi connectivity index (χ2v) is 8.19. The summed E-state index contributed by atoms with van der Waals surface area (Å²) in [5.74, 6) is 0.0407. The van der Waals surface area contributed by atoms with E-state index in [0.717, 1.165) is 20.1 Å². The van der Waals surface area contributed by atoms with Crippen LogP contribution in [0.25, 0.3) is 10.2 Å². The number of benzene rings is 2. The molecule has 0 saturated carbocycles. The van der Waals surface area contributed by atoms with E-state index in [-0.39, 0.29) is 11.7 Å². The van der Waals surface area contributed by atoms with Gasteiger partial charge < -0.3 is 0 Å². The molecule has 3 aromatic rings. The van der Waals surface area contributed by atoms with Gasteiger partial charge in [0, 0.05) is 10.6 Å². The standard InChI is InChI=1S/C17H13Cl2N3OS2/c1-10(12-7-6-11(18)8-13(12)19)21-22-16(23)9-24-17-20-14-4-2-3-5-15(14)25-17/h2-8H,9H2,1H3,(H,22,23)/b21-10+. The van der Waals surface area contributed by atoms with Crippen LogP contribution in [-0.4, -0.2) is 22.4 Å². The molecule has 0 fully saturated rings. The molecule has 0 spiro atoms. The first-order valence-electron chi connectivity index (χ1n) is 7.30. The number of thioether (sulfide) groups is 1. The van der Waals surface area contributed by atoms with Crippen molar-refractivity contribution in [2.75, 3.05) is 5.75 Å². The SMILES string of the molecule is C/C(=N\NC(=O)CSc1nc2ccccc2s1)c1ccc(Cl)cc1Cl. The third-order valence-corrected chi connectivity index (χ3v) is 6.00. The van der Waals surface area contributed by atoms with Gasteiger partial charge in [0.2, 0.25) is 0 Å². The van der Waals surface area contributed by atoms with Crippen molar-refractivity contribution in [3.63, 3.8) is 0 Å². The number of hydrazone groups is 1. The average molecular weight is 410 g/mol. The molecule has 0 bridgehead atoms. The monoisotopic (exact) mass is 409 g/mol. The van der Waals surface area contributed by atoms with Crippen molar-refractivity contribution in [3.05, 3.63) is 58.1 Å². The maximum Gasteiger partial charge on any atom is 0.250 e. The summed E-state index contributed by atoms with van der Waals surface area (Å²) in [6.45, 7) is 1.77. The Morgan fingerprint density at radius 1 is 1.28 bits per heavy atom. The van der Waals surface area contributed by atoms with Gasteiger partial charge in [-0.15, -0.1) is 11.3 Å². The number of carbonyl (C=O) groups excluding carboxylic acids is 1. The maximum absolute atomic E-state index is 12.0. The van der Waals surface area contributed by atoms with Gasteiger partial charge >= 0.3 is 0 Å². The largest absolute Gasteiger partial charge is 0.272 e. The number of rotatable bonds is 5. The number of thiazole rings is 1. The second-order valence-electron chi connectivity index (χ2n) is 5.09. The Hall–Kier alpha value is -1.60. The molecule has 1 aromatic heterocycles. The lowest BCUT2D eigenvalue weighted by molar-refractivity contribution is -0.118. The van der Waals surface area contributed by atoms with Crippen molar-refractivity contribution < 1.29 is 4.79 Å². The highest BCUT2D eigenvalue weighted by Gasteiger charge is 2.08. The Morgan fingerprint density at radius 3 is 2.84 bits per heavy atom. The summed E-state index contributed by atoms with van der Waals surface area (Å²) in [7, 11) is 0. The van der Waals surface area contributed by atoms with Gasteiger partial charge in [-0.05, 0) is 31.2 Å². The molecule has 1 amide bonds. The molecule has 1 N–H and O–H groups in total. The van der Waals surface area contributed by atoms with Crippen molar-refractivity contribution in [1.82, 2.24) is 10.4 Å². The zero-order valence-electron chi connectivity index (χ0n) is 13.1. The number of carbonyl (C=O) groups is 1. The molecule has 0 aliphatic rings. The number of hydrogen-bond acceptors (Lipinski definition) is 5. The topological polar surface area (TPSA) is 54.4 Å². The molecular formula is C17H13Cl2N3OS2. The van der Waals surface area contributed by atoms with Gasteiger partial charge in [0.05, 0.1) is 26.7 Å². The van der Waals surface area contributed by atoms with Crippen LogP contribution >= 0.6 is 46.3 Å². The van der Waals surface area contributed by atoms with Crippen LogP contribution in [0.3, 0.4) is 0 Å². The number of nitrogens with one attached hydrogen (secondary N) is 1. The fraction of sp³-hybridized carbons (Fsp3) is 0.118. The van der Waals surface area contributed by atoms with Gasteiger partial charge in [0.15, 0.2) is 4.34 Å². The fourth-order valence-electron chi connectivity index (χ4n) is 2.06. The van der Waals surface area contributed by atoms with Crippen LogP contribution in [0.15, 0.2) is 51.9 Å².